The van der Waals surface area contributed by atoms with Crippen molar-refractivity contribution in [3.63, 3.8) is 0 Å². The lowest BCUT2D eigenvalue weighted by Gasteiger charge is -2.03. The van der Waals surface area contributed by atoms with Crippen molar-refractivity contribution in [3.05, 3.63) is 35.4 Å². The van der Waals surface area contributed by atoms with E-state index >= 15 is 0 Å². The first-order valence-electron chi connectivity index (χ1n) is 4.75. The molecule has 1 aromatic carbocycles. The van der Waals surface area contributed by atoms with Gasteiger partial charge in [-0.15, -0.1) is 0 Å². The minimum absolute atomic E-state index is 0.0164. The molecule has 15 heavy (non-hydrogen) atoms. The fourth-order valence-corrected chi connectivity index (χ4v) is 1.63. The van der Waals surface area contributed by atoms with Crippen LogP contribution in [0.15, 0.2) is 24.3 Å². The number of rotatable bonds is 4. The molecule has 0 N–H and O–H groups in total. The lowest BCUT2D eigenvalue weighted by molar-refractivity contribution is 0.102. The highest BCUT2D eigenvalue weighted by molar-refractivity contribution is 9.09. The highest BCUT2D eigenvalue weighted by atomic mass is 79.9. The predicted octanol–water partition coefficient (Wildman–Crippen LogP) is 2.97. The Hall–Kier alpha value is -1.14. The topological polar surface area (TPSA) is 40.9 Å². The van der Waals surface area contributed by atoms with Crippen molar-refractivity contribution in [2.45, 2.75) is 13.3 Å². The van der Waals surface area contributed by atoms with E-state index < -0.39 is 0 Å². The summed E-state index contributed by atoms with van der Waals surface area (Å²) in [6.45, 7) is 1.89. The molecule has 0 bridgehead atoms. The van der Waals surface area contributed by atoms with Crippen LogP contribution in [0.3, 0.4) is 0 Å². The summed E-state index contributed by atoms with van der Waals surface area (Å²) in [5.74, 6) is 0.0950. The van der Waals surface area contributed by atoms with Gasteiger partial charge < -0.3 is 0 Å². The van der Waals surface area contributed by atoms with E-state index in [2.05, 4.69) is 22.0 Å². The molecule has 0 heterocycles. The number of ketones is 1. The molecule has 0 aliphatic carbocycles. The second kappa shape index (κ2) is 5.67. The van der Waals surface area contributed by atoms with E-state index in [0.717, 1.165) is 12.0 Å². The van der Waals surface area contributed by atoms with E-state index in [0.29, 0.717) is 10.9 Å². The van der Waals surface area contributed by atoms with E-state index in [4.69, 9.17) is 5.26 Å². The maximum atomic E-state index is 11.3. The standard InChI is InChI=1S/C12H12BrNO/c1-9(8-14)6-10-2-4-11(5-3-10)12(15)7-13/h2-5,9H,6-7H2,1H3/t9-/m0/s1. The van der Waals surface area contributed by atoms with Crippen LogP contribution < -0.4 is 0 Å². The summed E-state index contributed by atoms with van der Waals surface area (Å²) in [5.41, 5.74) is 1.80. The van der Waals surface area contributed by atoms with Gasteiger partial charge in [0.25, 0.3) is 0 Å². The summed E-state index contributed by atoms with van der Waals surface area (Å²) in [7, 11) is 0. The van der Waals surface area contributed by atoms with Crippen LogP contribution >= 0.6 is 15.9 Å². The Morgan fingerprint density at radius 2 is 2.07 bits per heavy atom. The van der Waals surface area contributed by atoms with Crippen molar-refractivity contribution < 1.29 is 4.79 Å². The zero-order chi connectivity index (χ0) is 11.3. The summed E-state index contributed by atoms with van der Waals surface area (Å²) >= 11 is 3.13. The molecule has 0 aromatic heterocycles. The number of alkyl halides is 1. The largest absolute Gasteiger partial charge is 0.293 e. The number of hydrogen-bond donors (Lipinski definition) is 0. The first-order chi connectivity index (χ1) is 7.17. The number of carbonyl (C=O) groups is 1. The Morgan fingerprint density at radius 3 is 2.53 bits per heavy atom. The molecule has 0 aliphatic heterocycles. The molecule has 0 radical (unpaired) electrons. The Bertz CT molecular complexity index is 378. The third-order valence-electron chi connectivity index (χ3n) is 2.16. The van der Waals surface area contributed by atoms with Crippen LogP contribution in [-0.2, 0) is 6.42 Å². The molecule has 78 valence electrons. The van der Waals surface area contributed by atoms with Gasteiger partial charge in [0.15, 0.2) is 5.78 Å². The number of nitriles is 1. The van der Waals surface area contributed by atoms with Crippen LogP contribution in [0.25, 0.3) is 0 Å². The summed E-state index contributed by atoms with van der Waals surface area (Å²) < 4.78 is 0. The molecule has 2 nitrogen and oxygen atoms in total. The predicted molar refractivity (Wildman–Crippen MR) is 63.0 cm³/mol. The Balaban J connectivity index is 2.73. The number of nitrogens with zero attached hydrogens (tertiary/aromatic N) is 1. The molecule has 1 aromatic rings. The van der Waals surface area contributed by atoms with Gasteiger partial charge in [0.2, 0.25) is 0 Å². The number of benzene rings is 1. The number of carbonyl (C=O) groups excluding carboxylic acids is 1. The lowest BCUT2D eigenvalue weighted by Crippen LogP contribution is -2.01. The third-order valence-corrected chi connectivity index (χ3v) is 2.67. The fraction of sp³-hybridized carbons (Fsp3) is 0.333. The first-order valence-corrected chi connectivity index (χ1v) is 5.87. The molecule has 0 unspecified atom stereocenters. The number of halogens is 1. The van der Waals surface area contributed by atoms with Gasteiger partial charge in [0.1, 0.15) is 0 Å². The van der Waals surface area contributed by atoms with Crippen LogP contribution in [0.2, 0.25) is 0 Å². The molecule has 0 fully saturated rings. The van der Waals surface area contributed by atoms with Crippen molar-refractivity contribution in [1.29, 1.82) is 5.26 Å². The zero-order valence-electron chi connectivity index (χ0n) is 8.53. The van der Waals surface area contributed by atoms with Gasteiger partial charge in [-0.2, -0.15) is 5.26 Å². The molecule has 1 rings (SSSR count). The molecular weight excluding hydrogens is 254 g/mol. The second-order valence-corrected chi connectivity index (χ2v) is 4.05. The van der Waals surface area contributed by atoms with Gasteiger partial charge in [-0.3, -0.25) is 4.79 Å². The third kappa shape index (κ3) is 3.49. The zero-order valence-corrected chi connectivity index (χ0v) is 10.1. The van der Waals surface area contributed by atoms with Gasteiger partial charge in [0.05, 0.1) is 11.4 Å². The molecular formula is C12H12BrNO. The van der Waals surface area contributed by atoms with Crippen LogP contribution in [0.4, 0.5) is 0 Å². The van der Waals surface area contributed by atoms with Crippen LogP contribution in [0.1, 0.15) is 22.8 Å². The quantitative estimate of drug-likeness (QED) is 0.621. The summed E-state index contributed by atoms with van der Waals surface area (Å²) in [6.07, 6.45) is 0.735. The Labute approximate surface area is 98.0 Å². The second-order valence-electron chi connectivity index (χ2n) is 3.49. The monoisotopic (exact) mass is 265 g/mol. The highest BCUT2D eigenvalue weighted by Gasteiger charge is 2.05. The van der Waals surface area contributed by atoms with E-state index in [1.165, 1.54) is 0 Å². The Morgan fingerprint density at radius 1 is 1.47 bits per heavy atom. The lowest BCUT2D eigenvalue weighted by atomic mass is 10.0. The van der Waals surface area contributed by atoms with Gasteiger partial charge in [0, 0.05) is 11.5 Å². The van der Waals surface area contributed by atoms with E-state index in [-0.39, 0.29) is 11.7 Å². The highest BCUT2D eigenvalue weighted by Crippen LogP contribution is 2.10. The maximum Gasteiger partial charge on any atom is 0.173 e. The minimum Gasteiger partial charge on any atom is -0.293 e. The van der Waals surface area contributed by atoms with Crippen LogP contribution in [-0.4, -0.2) is 11.1 Å². The normalized spacial score (nSPS) is 11.8. The molecule has 1 atom stereocenters. The molecule has 3 heteroatoms. The molecule has 0 aliphatic rings. The number of hydrogen-bond acceptors (Lipinski definition) is 2. The van der Waals surface area contributed by atoms with Gasteiger partial charge >= 0.3 is 0 Å². The SMILES string of the molecule is C[C@H](C#N)Cc1ccc(C(=O)CBr)cc1. The van der Waals surface area contributed by atoms with Crippen LogP contribution in [0, 0.1) is 17.2 Å². The van der Waals surface area contributed by atoms with Crippen LogP contribution in [0.5, 0.6) is 0 Å². The van der Waals surface area contributed by atoms with E-state index in [1.54, 1.807) is 0 Å². The molecule has 0 saturated heterocycles. The Kier molecular flexibility index (Phi) is 4.51. The summed E-state index contributed by atoms with van der Waals surface area (Å²) in [6, 6.07) is 9.62. The van der Waals surface area contributed by atoms with E-state index in [9.17, 15) is 4.79 Å². The number of Topliss-reactive ketones (excluding diaryl/α,β-unsaturated/α-hetero) is 1. The van der Waals surface area contributed by atoms with Gasteiger partial charge in [-0.1, -0.05) is 40.2 Å². The van der Waals surface area contributed by atoms with E-state index in [1.807, 2.05) is 31.2 Å². The fourth-order valence-electron chi connectivity index (χ4n) is 1.30. The van der Waals surface area contributed by atoms with Gasteiger partial charge in [-0.25, -0.2) is 0 Å². The van der Waals surface area contributed by atoms with Crippen molar-refractivity contribution in [2.24, 2.45) is 5.92 Å². The summed E-state index contributed by atoms with van der Waals surface area (Å²) in [4.78, 5) is 11.3. The van der Waals surface area contributed by atoms with Crippen molar-refractivity contribution >= 4 is 21.7 Å². The van der Waals surface area contributed by atoms with Crippen molar-refractivity contribution in [1.82, 2.24) is 0 Å². The molecule has 0 spiro atoms. The van der Waals surface area contributed by atoms with Gasteiger partial charge in [-0.05, 0) is 18.9 Å². The van der Waals surface area contributed by atoms with Crippen molar-refractivity contribution in [2.75, 3.05) is 5.33 Å². The maximum absolute atomic E-state index is 11.3. The average molecular weight is 266 g/mol. The first kappa shape index (κ1) is 11.9. The summed E-state index contributed by atoms with van der Waals surface area (Å²) in [5, 5.41) is 9.01. The average Bonchev–Trinajstić information content (AvgIpc) is 2.29. The smallest absolute Gasteiger partial charge is 0.173 e. The van der Waals surface area contributed by atoms with Crippen molar-refractivity contribution in [3.8, 4) is 6.07 Å². The molecule has 0 saturated carbocycles. The minimum atomic E-state index is 0.0164. The molecule has 0 amide bonds.